The van der Waals surface area contributed by atoms with E-state index in [0.29, 0.717) is 12.2 Å². The first-order chi connectivity index (χ1) is 9.60. The third-order valence-corrected chi connectivity index (χ3v) is 2.52. The van der Waals surface area contributed by atoms with Crippen LogP contribution in [-0.2, 0) is 6.54 Å². The van der Waals surface area contributed by atoms with Gasteiger partial charge < -0.3 is 20.3 Å². The fourth-order valence-corrected chi connectivity index (χ4v) is 1.64. The highest BCUT2D eigenvalue weighted by atomic mass is 16.5. The lowest BCUT2D eigenvalue weighted by Crippen LogP contribution is -2.13. The van der Waals surface area contributed by atoms with Crippen molar-refractivity contribution in [3.05, 3.63) is 47.3 Å². The van der Waals surface area contributed by atoms with E-state index in [1.807, 2.05) is 25.2 Å². The number of anilines is 1. The number of hydrogen-bond acceptors (Lipinski definition) is 5. The Labute approximate surface area is 114 Å². The molecule has 3 N–H and O–H groups in total. The number of carboxylic acids is 1. The molecule has 0 spiro atoms. The average Bonchev–Trinajstić information content (AvgIpc) is 2.89. The molecule has 0 radical (unpaired) electrons. The van der Waals surface area contributed by atoms with E-state index in [-0.39, 0.29) is 11.5 Å². The molecule has 0 saturated heterocycles. The lowest BCUT2D eigenvalue weighted by atomic mass is 10.2. The van der Waals surface area contributed by atoms with E-state index in [0.717, 1.165) is 11.6 Å². The van der Waals surface area contributed by atoms with E-state index in [2.05, 4.69) is 20.3 Å². The van der Waals surface area contributed by atoms with Gasteiger partial charge in [0.25, 0.3) is 5.91 Å². The van der Waals surface area contributed by atoms with Crippen LogP contribution in [-0.4, -0.2) is 29.2 Å². The number of aromatic carboxylic acids is 1. The van der Waals surface area contributed by atoms with Crippen LogP contribution in [0.2, 0.25) is 0 Å². The van der Waals surface area contributed by atoms with E-state index < -0.39 is 11.9 Å². The Morgan fingerprint density at radius 1 is 1.35 bits per heavy atom. The number of carbonyl (C=O) groups is 2. The van der Waals surface area contributed by atoms with Gasteiger partial charge in [0.05, 0.1) is 0 Å². The molecule has 0 fully saturated rings. The number of carboxylic acid groups (broad SMARTS) is 1. The van der Waals surface area contributed by atoms with Crippen molar-refractivity contribution in [2.45, 2.75) is 6.54 Å². The van der Waals surface area contributed by atoms with E-state index in [9.17, 15) is 9.59 Å². The molecule has 0 unspecified atom stereocenters. The fourth-order valence-electron chi connectivity index (χ4n) is 1.64. The molecule has 0 aliphatic carbocycles. The van der Waals surface area contributed by atoms with Gasteiger partial charge in [-0.1, -0.05) is 17.3 Å². The minimum atomic E-state index is -1.27. The van der Waals surface area contributed by atoms with Gasteiger partial charge in [0.15, 0.2) is 5.69 Å². The largest absolute Gasteiger partial charge is 0.475 e. The zero-order chi connectivity index (χ0) is 14.5. The molecule has 0 atom stereocenters. The summed E-state index contributed by atoms with van der Waals surface area (Å²) in [4.78, 5) is 22.5. The Kier molecular flexibility index (Phi) is 4.11. The minimum absolute atomic E-state index is 0.0820. The zero-order valence-electron chi connectivity index (χ0n) is 10.7. The molecule has 0 saturated carbocycles. The maximum Gasteiger partial charge on any atom is 0.374 e. The topological polar surface area (TPSA) is 104 Å². The molecule has 2 rings (SSSR count). The Hall–Kier alpha value is -2.67. The van der Waals surface area contributed by atoms with Crippen molar-refractivity contribution in [1.82, 2.24) is 10.5 Å². The van der Waals surface area contributed by atoms with Gasteiger partial charge in [-0.15, -0.1) is 0 Å². The van der Waals surface area contributed by atoms with Gasteiger partial charge in [-0.05, 0) is 24.7 Å². The molecular formula is C13H13N3O4. The van der Waals surface area contributed by atoms with Crippen molar-refractivity contribution >= 4 is 17.6 Å². The molecule has 1 amide bonds. The second-order valence-electron chi connectivity index (χ2n) is 4.07. The van der Waals surface area contributed by atoms with Gasteiger partial charge in [-0.25, -0.2) is 4.79 Å². The van der Waals surface area contributed by atoms with Crippen molar-refractivity contribution in [1.29, 1.82) is 0 Å². The normalized spacial score (nSPS) is 10.2. The SMILES string of the molecule is CNCc1cccc(NC(=O)c2cc(C(=O)O)on2)c1. The molecule has 1 aromatic carbocycles. The van der Waals surface area contributed by atoms with Crippen LogP contribution >= 0.6 is 0 Å². The Morgan fingerprint density at radius 3 is 2.80 bits per heavy atom. The number of hydrogen-bond donors (Lipinski definition) is 3. The summed E-state index contributed by atoms with van der Waals surface area (Å²) in [6.07, 6.45) is 0. The molecule has 1 aromatic heterocycles. The Balaban J connectivity index is 2.10. The molecule has 0 aliphatic rings. The summed E-state index contributed by atoms with van der Waals surface area (Å²) in [6.45, 7) is 0.677. The number of aromatic nitrogens is 1. The Bertz CT molecular complexity index is 636. The summed E-state index contributed by atoms with van der Waals surface area (Å²) in [5, 5.41) is 17.7. The van der Waals surface area contributed by atoms with Crippen LogP contribution in [0.5, 0.6) is 0 Å². The van der Waals surface area contributed by atoms with Gasteiger partial charge in [0, 0.05) is 18.3 Å². The predicted octanol–water partition coefficient (Wildman–Crippen LogP) is 1.34. The molecule has 7 nitrogen and oxygen atoms in total. The second-order valence-corrected chi connectivity index (χ2v) is 4.07. The molecular weight excluding hydrogens is 262 g/mol. The second kappa shape index (κ2) is 5.98. The van der Waals surface area contributed by atoms with Gasteiger partial charge in [-0.2, -0.15) is 0 Å². The first kappa shape index (κ1) is 13.8. The van der Waals surface area contributed by atoms with Crippen molar-refractivity contribution < 1.29 is 19.2 Å². The highest BCUT2D eigenvalue weighted by Gasteiger charge is 2.16. The van der Waals surface area contributed by atoms with Gasteiger partial charge in [-0.3, -0.25) is 4.79 Å². The number of amides is 1. The van der Waals surface area contributed by atoms with E-state index in [1.165, 1.54) is 0 Å². The number of nitrogens with one attached hydrogen (secondary N) is 2. The van der Waals surface area contributed by atoms with E-state index >= 15 is 0 Å². The molecule has 7 heteroatoms. The Morgan fingerprint density at radius 2 is 2.15 bits per heavy atom. The third kappa shape index (κ3) is 3.21. The first-order valence-electron chi connectivity index (χ1n) is 5.85. The quantitative estimate of drug-likeness (QED) is 0.760. The highest BCUT2D eigenvalue weighted by Crippen LogP contribution is 2.12. The summed E-state index contributed by atoms with van der Waals surface area (Å²) < 4.78 is 4.53. The molecule has 1 heterocycles. The van der Waals surface area contributed by atoms with Gasteiger partial charge in [0.2, 0.25) is 5.76 Å². The third-order valence-electron chi connectivity index (χ3n) is 2.52. The van der Waals surface area contributed by atoms with E-state index in [4.69, 9.17) is 5.11 Å². The predicted molar refractivity (Wildman–Crippen MR) is 70.6 cm³/mol. The van der Waals surface area contributed by atoms with Crippen molar-refractivity contribution in [3.8, 4) is 0 Å². The average molecular weight is 275 g/mol. The minimum Gasteiger partial charge on any atom is -0.475 e. The van der Waals surface area contributed by atoms with Crippen LogP contribution in [0.4, 0.5) is 5.69 Å². The number of rotatable bonds is 5. The van der Waals surface area contributed by atoms with Crippen LogP contribution in [0.25, 0.3) is 0 Å². The van der Waals surface area contributed by atoms with Crippen LogP contribution < -0.4 is 10.6 Å². The first-order valence-corrected chi connectivity index (χ1v) is 5.85. The summed E-state index contributed by atoms with van der Waals surface area (Å²) >= 11 is 0. The molecule has 0 aliphatic heterocycles. The number of nitrogens with zero attached hydrogens (tertiary/aromatic N) is 1. The molecule has 104 valence electrons. The van der Waals surface area contributed by atoms with Crippen LogP contribution in [0.3, 0.4) is 0 Å². The molecule has 0 bridgehead atoms. The lowest BCUT2D eigenvalue weighted by Gasteiger charge is -2.05. The number of benzene rings is 1. The summed E-state index contributed by atoms with van der Waals surface area (Å²) in [5.41, 5.74) is 1.53. The van der Waals surface area contributed by atoms with Crippen LogP contribution in [0.15, 0.2) is 34.9 Å². The smallest absolute Gasteiger partial charge is 0.374 e. The maximum absolute atomic E-state index is 11.9. The zero-order valence-corrected chi connectivity index (χ0v) is 10.7. The van der Waals surface area contributed by atoms with Crippen molar-refractivity contribution in [2.75, 3.05) is 12.4 Å². The van der Waals surface area contributed by atoms with Gasteiger partial charge >= 0.3 is 5.97 Å². The highest BCUT2D eigenvalue weighted by molar-refractivity contribution is 6.03. The van der Waals surface area contributed by atoms with Crippen LogP contribution in [0, 0.1) is 0 Å². The van der Waals surface area contributed by atoms with Crippen molar-refractivity contribution in [2.24, 2.45) is 0 Å². The number of carbonyl (C=O) groups excluding carboxylic acids is 1. The monoisotopic (exact) mass is 275 g/mol. The summed E-state index contributed by atoms with van der Waals surface area (Å²) in [5.74, 6) is -2.17. The summed E-state index contributed by atoms with van der Waals surface area (Å²) in [7, 11) is 1.83. The maximum atomic E-state index is 11.9. The van der Waals surface area contributed by atoms with Gasteiger partial charge in [0.1, 0.15) is 0 Å². The summed E-state index contributed by atoms with van der Waals surface area (Å²) in [6, 6.07) is 8.36. The molecule has 2 aromatic rings. The lowest BCUT2D eigenvalue weighted by molar-refractivity contribution is 0.0651. The molecule has 20 heavy (non-hydrogen) atoms. The fraction of sp³-hybridized carbons (Fsp3) is 0.154. The van der Waals surface area contributed by atoms with Crippen molar-refractivity contribution in [3.63, 3.8) is 0 Å². The van der Waals surface area contributed by atoms with E-state index in [1.54, 1.807) is 6.07 Å². The van der Waals surface area contributed by atoms with Crippen LogP contribution in [0.1, 0.15) is 26.6 Å². The standard InChI is InChI=1S/C13H13N3O4/c1-14-7-8-3-2-4-9(5-8)15-12(17)10-6-11(13(18)19)20-16-10/h2-6,14H,7H2,1H3,(H,15,17)(H,18,19).